The quantitative estimate of drug-likeness (QED) is 0.829. The van der Waals surface area contributed by atoms with Gasteiger partial charge in [0.05, 0.1) is 24.3 Å². The van der Waals surface area contributed by atoms with Gasteiger partial charge in [-0.3, -0.25) is 0 Å². The van der Waals surface area contributed by atoms with Crippen molar-refractivity contribution in [3.63, 3.8) is 0 Å². The Morgan fingerprint density at radius 1 is 1.45 bits per heavy atom. The van der Waals surface area contributed by atoms with Gasteiger partial charge in [0.2, 0.25) is 5.95 Å². The van der Waals surface area contributed by atoms with Gasteiger partial charge in [0.25, 0.3) is 6.43 Å². The molecule has 0 saturated carbocycles. The molecular weight excluding hydrogens is 280 g/mol. The monoisotopic (exact) mass is 294 g/mol. The first-order chi connectivity index (χ1) is 9.37. The molecule has 9 heteroatoms. The average Bonchev–Trinajstić information content (AvgIpc) is 2.37. The van der Waals surface area contributed by atoms with Crippen LogP contribution in [0.1, 0.15) is 18.9 Å². The standard InChI is InChI=1S/C11H14F4N4O/c1-6-8(19-5-11(14,15)20-6)4-18-10-16-2-7(3-17-10)9(12)13/h2-3,6,8-9,19H,4-5H2,1H3,(H,16,17,18)/t6-,8+/m0/s1. The molecule has 0 amide bonds. The van der Waals surface area contributed by atoms with Crippen LogP contribution < -0.4 is 10.6 Å². The third-order valence-electron chi connectivity index (χ3n) is 2.90. The molecule has 1 aromatic heterocycles. The fourth-order valence-corrected chi connectivity index (χ4v) is 1.79. The van der Waals surface area contributed by atoms with Gasteiger partial charge in [-0.2, -0.15) is 8.78 Å². The van der Waals surface area contributed by atoms with Crippen molar-refractivity contribution >= 4 is 5.95 Å². The summed E-state index contributed by atoms with van der Waals surface area (Å²) in [4.78, 5) is 7.44. The zero-order valence-electron chi connectivity index (χ0n) is 10.6. The Labute approximate surface area is 112 Å². The van der Waals surface area contributed by atoms with Crippen molar-refractivity contribution in [2.45, 2.75) is 31.6 Å². The summed E-state index contributed by atoms with van der Waals surface area (Å²) in [6.45, 7) is 1.19. The lowest BCUT2D eigenvalue weighted by Crippen LogP contribution is -2.57. The third kappa shape index (κ3) is 3.76. The van der Waals surface area contributed by atoms with E-state index in [4.69, 9.17) is 0 Å². The normalized spacial score (nSPS) is 25.7. The fourth-order valence-electron chi connectivity index (χ4n) is 1.79. The molecule has 1 aliphatic heterocycles. The minimum Gasteiger partial charge on any atom is -0.353 e. The highest BCUT2D eigenvalue weighted by Gasteiger charge is 2.40. The molecule has 0 radical (unpaired) electrons. The van der Waals surface area contributed by atoms with Crippen molar-refractivity contribution < 1.29 is 22.3 Å². The molecule has 2 N–H and O–H groups in total. The zero-order valence-corrected chi connectivity index (χ0v) is 10.6. The van der Waals surface area contributed by atoms with Gasteiger partial charge in [0, 0.05) is 18.9 Å². The van der Waals surface area contributed by atoms with Crippen molar-refractivity contribution in [1.82, 2.24) is 15.3 Å². The van der Waals surface area contributed by atoms with Crippen LogP contribution in [0.15, 0.2) is 12.4 Å². The second-order valence-corrected chi connectivity index (χ2v) is 4.47. The van der Waals surface area contributed by atoms with E-state index in [0.717, 1.165) is 12.4 Å². The predicted octanol–water partition coefficient (Wildman–Crippen LogP) is 1.80. The third-order valence-corrected chi connectivity index (χ3v) is 2.90. The van der Waals surface area contributed by atoms with Crippen molar-refractivity contribution in [1.29, 1.82) is 0 Å². The Morgan fingerprint density at radius 3 is 2.65 bits per heavy atom. The molecule has 2 atom stereocenters. The molecule has 0 unspecified atom stereocenters. The number of rotatable bonds is 4. The molecular formula is C11H14F4N4O. The first-order valence-corrected chi connectivity index (χ1v) is 6.00. The molecule has 0 aromatic carbocycles. The van der Waals surface area contributed by atoms with Gasteiger partial charge in [-0.15, -0.1) is 0 Å². The van der Waals surface area contributed by atoms with Crippen molar-refractivity contribution in [3.05, 3.63) is 18.0 Å². The summed E-state index contributed by atoms with van der Waals surface area (Å²) in [5.41, 5.74) is -0.275. The smallest absolute Gasteiger partial charge is 0.353 e. The number of alkyl halides is 4. The summed E-state index contributed by atoms with van der Waals surface area (Å²) in [7, 11) is 0. The molecule has 0 spiro atoms. The molecule has 1 saturated heterocycles. The number of aromatic nitrogens is 2. The van der Waals surface area contributed by atoms with E-state index in [1.165, 1.54) is 6.92 Å². The van der Waals surface area contributed by atoms with Gasteiger partial charge >= 0.3 is 6.11 Å². The first-order valence-electron chi connectivity index (χ1n) is 6.00. The molecule has 112 valence electrons. The summed E-state index contributed by atoms with van der Waals surface area (Å²) in [6, 6.07) is -0.354. The number of anilines is 1. The molecule has 0 aliphatic carbocycles. The highest BCUT2D eigenvalue weighted by molar-refractivity contribution is 5.25. The van der Waals surface area contributed by atoms with Crippen LogP contribution in [0.5, 0.6) is 0 Å². The topological polar surface area (TPSA) is 59.1 Å². The maximum absolute atomic E-state index is 12.9. The number of nitrogens with zero attached hydrogens (tertiary/aromatic N) is 2. The van der Waals surface area contributed by atoms with Crippen molar-refractivity contribution in [2.75, 3.05) is 18.4 Å². The fraction of sp³-hybridized carbons (Fsp3) is 0.636. The number of hydrogen-bond acceptors (Lipinski definition) is 5. The summed E-state index contributed by atoms with van der Waals surface area (Å²) >= 11 is 0. The van der Waals surface area contributed by atoms with E-state index in [9.17, 15) is 17.6 Å². The number of morpholine rings is 1. The number of hydrogen-bond donors (Lipinski definition) is 2. The number of halogens is 4. The summed E-state index contributed by atoms with van der Waals surface area (Å²) in [5, 5.41) is 5.43. The van der Waals surface area contributed by atoms with Gasteiger partial charge in [-0.05, 0) is 6.92 Å². The second-order valence-electron chi connectivity index (χ2n) is 4.47. The van der Waals surface area contributed by atoms with Crippen LogP contribution in [0.4, 0.5) is 23.5 Å². The molecule has 20 heavy (non-hydrogen) atoms. The Balaban J connectivity index is 1.86. The van der Waals surface area contributed by atoms with Crippen LogP contribution in [-0.4, -0.2) is 41.3 Å². The molecule has 1 fully saturated rings. The largest absolute Gasteiger partial charge is 0.368 e. The van der Waals surface area contributed by atoms with E-state index in [1.54, 1.807) is 0 Å². The van der Waals surface area contributed by atoms with Gasteiger partial charge in [-0.25, -0.2) is 18.7 Å². The predicted molar refractivity (Wildman–Crippen MR) is 62.8 cm³/mol. The zero-order chi connectivity index (χ0) is 14.8. The molecule has 0 bridgehead atoms. The van der Waals surface area contributed by atoms with Crippen LogP contribution in [-0.2, 0) is 4.74 Å². The van der Waals surface area contributed by atoms with E-state index in [-0.39, 0.29) is 24.1 Å². The first kappa shape index (κ1) is 14.9. The SMILES string of the molecule is C[C@@H]1OC(F)(F)CN[C@@H]1CNc1ncc(C(F)F)cn1. The van der Waals surface area contributed by atoms with E-state index in [2.05, 4.69) is 25.3 Å². The van der Waals surface area contributed by atoms with Crippen LogP contribution in [0.25, 0.3) is 0 Å². The Bertz CT molecular complexity index is 443. The Morgan fingerprint density at radius 2 is 2.10 bits per heavy atom. The maximum atomic E-state index is 12.9. The Kier molecular flexibility index (Phi) is 4.39. The minimum atomic E-state index is -3.18. The lowest BCUT2D eigenvalue weighted by Gasteiger charge is -2.35. The van der Waals surface area contributed by atoms with Crippen LogP contribution in [0.3, 0.4) is 0 Å². The van der Waals surface area contributed by atoms with Crippen molar-refractivity contribution in [3.8, 4) is 0 Å². The maximum Gasteiger partial charge on any atom is 0.368 e. The van der Waals surface area contributed by atoms with Gasteiger partial charge in [0.1, 0.15) is 0 Å². The number of ether oxygens (including phenoxy) is 1. The van der Waals surface area contributed by atoms with Crippen LogP contribution >= 0.6 is 0 Å². The van der Waals surface area contributed by atoms with E-state index in [1.807, 2.05) is 0 Å². The molecule has 2 rings (SSSR count). The van der Waals surface area contributed by atoms with E-state index < -0.39 is 25.2 Å². The van der Waals surface area contributed by atoms with E-state index >= 15 is 0 Å². The Hall–Kier alpha value is -1.48. The molecule has 2 heterocycles. The van der Waals surface area contributed by atoms with Gasteiger partial charge < -0.3 is 15.4 Å². The number of nitrogens with one attached hydrogen (secondary N) is 2. The van der Waals surface area contributed by atoms with E-state index in [0.29, 0.717) is 0 Å². The molecule has 1 aromatic rings. The van der Waals surface area contributed by atoms with Crippen LogP contribution in [0, 0.1) is 0 Å². The average molecular weight is 294 g/mol. The van der Waals surface area contributed by atoms with Gasteiger partial charge in [-0.1, -0.05) is 0 Å². The molecule has 1 aliphatic rings. The summed E-state index contributed by atoms with van der Waals surface area (Å²) in [5.74, 6) is 0.153. The lowest BCUT2D eigenvalue weighted by atomic mass is 10.1. The highest BCUT2D eigenvalue weighted by Crippen LogP contribution is 2.23. The van der Waals surface area contributed by atoms with Gasteiger partial charge in [0.15, 0.2) is 0 Å². The molecule has 5 nitrogen and oxygen atoms in total. The highest BCUT2D eigenvalue weighted by atomic mass is 19.3. The second kappa shape index (κ2) is 5.88. The minimum absolute atomic E-state index is 0.153. The van der Waals surface area contributed by atoms with Crippen LogP contribution in [0.2, 0.25) is 0 Å². The summed E-state index contributed by atoms with van der Waals surface area (Å²) in [6.07, 6.45) is -4.47. The summed E-state index contributed by atoms with van der Waals surface area (Å²) < 4.78 is 55.0. The lowest BCUT2D eigenvalue weighted by molar-refractivity contribution is -0.278. The van der Waals surface area contributed by atoms with Crippen molar-refractivity contribution in [2.24, 2.45) is 0 Å².